The van der Waals surface area contributed by atoms with Gasteiger partial charge in [-0.25, -0.2) is 9.97 Å². The Morgan fingerprint density at radius 3 is 2.67 bits per heavy atom. The molecule has 0 atom stereocenters. The van der Waals surface area contributed by atoms with Crippen molar-refractivity contribution >= 4 is 5.69 Å². The smallest absolute Gasteiger partial charge is 0.115 e. The van der Waals surface area contributed by atoms with Gasteiger partial charge in [-0.15, -0.1) is 0 Å². The summed E-state index contributed by atoms with van der Waals surface area (Å²) in [5, 5.41) is 2.85. The van der Waals surface area contributed by atoms with Crippen LogP contribution in [0.5, 0.6) is 0 Å². The summed E-state index contributed by atoms with van der Waals surface area (Å²) in [6, 6.07) is 0. The standard InChI is InChI=1S/C6H7N3/c1-2-9-6-3-7-5-8-4-6/h2-5,9H,1H2. The zero-order valence-electron chi connectivity index (χ0n) is 4.91. The topological polar surface area (TPSA) is 37.8 Å². The molecule has 3 heteroatoms. The number of nitrogens with one attached hydrogen (secondary N) is 1. The predicted octanol–water partition coefficient (Wildman–Crippen LogP) is 1.03. The van der Waals surface area contributed by atoms with Crippen LogP contribution in [0.1, 0.15) is 0 Å². The Balaban J connectivity index is 2.72. The van der Waals surface area contributed by atoms with Gasteiger partial charge < -0.3 is 5.32 Å². The summed E-state index contributed by atoms with van der Waals surface area (Å²) in [6.45, 7) is 3.49. The molecule has 1 heterocycles. The maximum absolute atomic E-state index is 3.78. The second-order valence-corrected chi connectivity index (χ2v) is 1.48. The van der Waals surface area contributed by atoms with E-state index in [-0.39, 0.29) is 0 Å². The monoisotopic (exact) mass is 121 g/mol. The van der Waals surface area contributed by atoms with E-state index >= 15 is 0 Å². The van der Waals surface area contributed by atoms with Crippen molar-refractivity contribution in [1.29, 1.82) is 0 Å². The molecule has 0 unspecified atom stereocenters. The summed E-state index contributed by atoms with van der Waals surface area (Å²) in [4.78, 5) is 7.56. The summed E-state index contributed by atoms with van der Waals surface area (Å²) in [5.74, 6) is 0. The second kappa shape index (κ2) is 2.81. The molecule has 46 valence electrons. The Kier molecular flexibility index (Phi) is 1.80. The minimum absolute atomic E-state index is 0.854. The van der Waals surface area contributed by atoms with Crippen LogP contribution in [0.25, 0.3) is 0 Å². The molecular formula is C6H7N3. The lowest BCUT2D eigenvalue weighted by Gasteiger charge is -1.94. The number of anilines is 1. The minimum atomic E-state index is 0.854. The number of aromatic nitrogens is 2. The zero-order valence-corrected chi connectivity index (χ0v) is 4.91. The Bertz CT molecular complexity index is 183. The van der Waals surface area contributed by atoms with Crippen molar-refractivity contribution in [1.82, 2.24) is 9.97 Å². The first kappa shape index (κ1) is 5.75. The molecule has 0 saturated heterocycles. The third kappa shape index (κ3) is 1.53. The van der Waals surface area contributed by atoms with Crippen LogP contribution in [0, 0.1) is 0 Å². The van der Waals surface area contributed by atoms with Crippen molar-refractivity contribution < 1.29 is 0 Å². The molecule has 0 amide bonds. The van der Waals surface area contributed by atoms with E-state index in [4.69, 9.17) is 0 Å². The molecule has 0 aliphatic carbocycles. The van der Waals surface area contributed by atoms with Gasteiger partial charge >= 0.3 is 0 Å². The molecule has 9 heavy (non-hydrogen) atoms. The molecule has 0 aromatic carbocycles. The fraction of sp³-hybridized carbons (Fsp3) is 0. The summed E-state index contributed by atoms with van der Waals surface area (Å²) in [7, 11) is 0. The van der Waals surface area contributed by atoms with Gasteiger partial charge in [0.05, 0.1) is 18.1 Å². The van der Waals surface area contributed by atoms with Crippen LogP contribution in [0.2, 0.25) is 0 Å². The summed E-state index contributed by atoms with van der Waals surface area (Å²) >= 11 is 0. The van der Waals surface area contributed by atoms with Gasteiger partial charge in [0.15, 0.2) is 0 Å². The fourth-order valence-electron chi connectivity index (χ4n) is 0.491. The Hall–Kier alpha value is -1.38. The van der Waals surface area contributed by atoms with E-state index in [0.29, 0.717) is 0 Å². The number of nitrogens with zero attached hydrogens (tertiary/aromatic N) is 2. The predicted molar refractivity (Wildman–Crippen MR) is 35.9 cm³/mol. The van der Waals surface area contributed by atoms with Crippen LogP contribution < -0.4 is 5.32 Å². The second-order valence-electron chi connectivity index (χ2n) is 1.48. The highest BCUT2D eigenvalue weighted by molar-refractivity contribution is 5.39. The van der Waals surface area contributed by atoms with Gasteiger partial charge in [-0.2, -0.15) is 0 Å². The summed E-state index contributed by atoms with van der Waals surface area (Å²) < 4.78 is 0. The van der Waals surface area contributed by atoms with Gasteiger partial charge in [-0.1, -0.05) is 6.58 Å². The number of rotatable bonds is 2. The lowest BCUT2D eigenvalue weighted by molar-refractivity contribution is 1.17. The van der Waals surface area contributed by atoms with E-state index < -0.39 is 0 Å². The first-order valence-corrected chi connectivity index (χ1v) is 2.56. The van der Waals surface area contributed by atoms with Crippen molar-refractivity contribution in [2.75, 3.05) is 5.32 Å². The van der Waals surface area contributed by atoms with Crippen molar-refractivity contribution in [2.45, 2.75) is 0 Å². The molecule has 3 nitrogen and oxygen atoms in total. The number of hydrogen-bond acceptors (Lipinski definition) is 3. The van der Waals surface area contributed by atoms with E-state index in [1.807, 2.05) is 0 Å². The molecule has 0 fully saturated rings. The molecule has 0 aliphatic rings. The highest BCUT2D eigenvalue weighted by Crippen LogP contribution is 1.97. The molecule has 1 N–H and O–H groups in total. The van der Waals surface area contributed by atoms with Crippen molar-refractivity contribution in [2.24, 2.45) is 0 Å². The molecule has 0 bridgehead atoms. The summed E-state index contributed by atoms with van der Waals surface area (Å²) in [5.41, 5.74) is 0.854. The zero-order chi connectivity index (χ0) is 6.53. The van der Waals surface area contributed by atoms with Crippen LogP contribution in [0.3, 0.4) is 0 Å². The highest BCUT2D eigenvalue weighted by atomic mass is 14.9. The van der Waals surface area contributed by atoms with Crippen LogP contribution in [0.4, 0.5) is 5.69 Å². The van der Waals surface area contributed by atoms with Gasteiger partial charge in [-0.05, 0) is 6.20 Å². The largest absolute Gasteiger partial charge is 0.360 e. The molecule has 0 saturated carbocycles. The number of hydrogen-bond donors (Lipinski definition) is 1. The average Bonchev–Trinajstić information content (AvgIpc) is 1.91. The molecule has 1 rings (SSSR count). The Morgan fingerprint density at radius 1 is 1.44 bits per heavy atom. The van der Waals surface area contributed by atoms with Crippen molar-refractivity contribution in [3.63, 3.8) is 0 Å². The molecule has 0 spiro atoms. The van der Waals surface area contributed by atoms with E-state index in [1.54, 1.807) is 18.6 Å². The lowest BCUT2D eigenvalue weighted by atomic mass is 10.5. The van der Waals surface area contributed by atoms with Crippen LogP contribution in [-0.4, -0.2) is 9.97 Å². The van der Waals surface area contributed by atoms with Gasteiger partial charge in [0.2, 0.25) is 0 Å². The molecule has 0 radical (unpaired) electrons. The molecule has 1 aromatic heterocycles. The SMILES string of the molecule is C=CNc1cncnc1. The fourth-order valence-corrected chi connectivity index (χ4v) is 0.491. The average molecular weight is 121 g/mol. The van der Waals surface area contributed by atoms with Crippen LogP contribution in [-0.2, 0) is 0 Å². The third-order valence-electron chi connectivity index (χ3n) is 0.829. The Labute approximate surface area is 53.5 Å². The normalized spacial score (nSPS) is 8.44. The molecule has 1 aromatic rings. The van der Waals surface area contributed by atoms with Gasteiger partial charge in [-0.3, -0.25) is 0 Å². The van der Waals surface area contributed by atoms with Gasteiger partial charge in [0, 0.05) is 0 Å². The van der Waals surface area contributed by atoms with E-state index in [2.05, 4.69) is 21.9 Å². The van der Waals surface area contributed by atoms with Gasteiger partial charge in [0.1, 0.15) is 6.33 Å². The van der Waals surface area contributed by atoms with Crippen LogP contribution in [0.15, 0.2) is 31.5 Å². The van der Waals surface area contributed by atoms with E-state index in [9.17, 15) is 0 Å². The Morgan fingerprint density at radius 2 is 2.11 bits per heavy atom. The molecule has 0 aliphatic heterocycles. The van der Waals surface area contributed by atoms with Crippen molar-refractivity contribution in [3.8, 4) is 0 Å². The highest BCUT2D eigenvalue weighted by Gasteiger charge is 1.82. The van der Waals surface area contributed by atoms with Crippen molar-refractivity contribution in [3.05, 3.63) is 31.5 Å². The maximum Gasteiger partial charge on any atom is 0.115 e. The first-order valence-electron chi connectivity index (χ1n) is 2.56. The third-order valence-corrected chi connectivity index (χ3v) is 0.829. The minimum Gasteiger partial charge on any atom is -0.360 e. The van der Waals surface area contributed by atoms with Gasteiger partial charge in [0.25, 0.3) is 0 Å². The lowest BCUT2D eigenvalue weighted by Crippen LogP contribution is -1.86. The summed E-state index contributed by atoms with van der Waals surface area (Å²) in [6.07, 6.45) is 6.41. The van der Waals surface area contributed by atoms with E-state index in [0.717, 1.165) is 5.69 Å². The van der Waals surface area contributed by atoms with Crippen LogP contribution >= 0.6 is 0 Å². The quantitative estimate of drug-likeness (QED) is 0.635. The molecular weight excluding hydrogens is 114 g/mol. The first-order chi connectivity index (χ1) is 4.43. The van der Waals surface area contributed by atoms with E-state index in [1.165, 1.54) is 6.33 Å². The maximum atomic E-state index is 3.78.